The number of ether oxygens (including phenoxy) is 1. The summed E-state index contributed by atoms with van der Waals surface area (Å²) in [7, 11) is 3.59. The molecule has 0 aliphatic heterocycles. The molecule has 1 aromatic heterocycles. The van der Waals surface area contributed by atoms with Crippen LogP contribution in [0.15, 0.2) is 48.8 Å². The average Bonchev–Trinajstić information content (AvgIpc) is 2.60. The molecule has 1 unspecified atom stereocenters. The van der Waals surface area contributed by atoms with Crippen molar-refractivity contribution in [2.75, 3.05) is 19.1 Å². The number of fused-ring (bicyclic) bond motifs is 1. The lowest BCUT2D eigenvalue weighted by atomic mass is 10.1. The standard InChI is InChI=1S/C18H18FN3O/c1-12(13-4-7-15(23-3)8-5-13)22(2)18-16-10-14(19)6-9-17(16)20-11-21-18/h4-12H,1-3H3. The Bertz CT molecular complexity index is 820. The summed E-state index contributed by atoms with van der Waals surface area (Å²) in [5.41, 5.74) is 1.85. The topological polar surface area (TPSA) is 38.2 Å². The molecule has 118 valence electrons. The highest BCUT2D eigenvalue weighted by Crippen LogP contribution is 2.30. The third-order valence-corrected chi connectivity index (χ3v) is 4.09. The van der Waals surface area contributed by atoms with Gasteiger partial charge < -0.3 is 9.64 Å². The first kappa shape index (κ1) is 15.2. The minimum absolute atomic E-state index is 0.0715. The van der Waals surface area contributed by atoms with Gasteiger partial charge in [-0.25, -0.2) is 14.4 Å². The SMILES string of the molecule is COc1ccc(C(C)N(C)c2ncnc3ccc(F)cc23)cc1. The fourth-order valence-electron chi connectivity index (χ4n) is 2.59. The van der Waals surface area contributed by atoms with Crippen molar-refractivity contribution in [1.82, 2.24) is 9.97 Å². The molecule has 0 spiro atoms. The Hall–Kier alpha value is -2.69. The van der Waals surface area contributed by atoms with E-state index in [2.05, 4.69) is 16.9 Å². The fraction of sp³-hybridized carbons (Fsp3) is 0.222. The lowest BCUT2D eigenvalue weighted by Crippen LogP contribution is -2.23. The summed E-state index contributed by atoms with van der Waals surface area (Å²) < 4.78 is 18.8. The molecule has 0 radical (unpaired) electrons. The van der Waals surface area contributed by atoms with Crippen LogP contribution in [0.1, 0.15) is 18.5 Å². The molecule has 3 aromatic rings. The van der Waals surface area contributed by atoms with Crippen LogP contribution < -0.4 is 9.64 Å². The molecular formula is C18H18FN3O. The molecule has 0 bridgehead atoms. The maximum Gasteiger partial charge on any atom is 0.140 e. The second kappa shape index (κ2) is 6.20. The Balaban J connectivity index is 1.98. The van der Waals surface area contributed by atoms with Crippen LogP contribution in [-0.4, -0.2) is 24.1 Å². The summed E-state index contributed by atoms with van der Waals surface area (Å²) >= 11 is 0. The maximum atomic E-state index is 13.6. The first-order chi connectivity index (χ1) is 11.1. The van der Waals surface area contributed by atoms with Crippen molar-refractivity contribution in [1.29, 1.82) is 0 Å². The first-order valence-electron chi connectivity index (χ1n) is 7.37. The lowest BCUT2D eigenvalue weighted by molar-refractivity contribution is 0.414. The van der Waals surface area contributed by atoms with E-state index < -0.39 is 0 Å². The van der Waals surface area contributed by atoms with Crippen molar-refractivity contribution in [3.05, 3.63) is 60.2 Å². The van der Waals surface area contributed by atoms with E-state index in [1.54, 1.807) is 13.2 Å². The second-order valence-electron chi connectivity index (χ2n) is 5.42. The van der Waals surface area contributed by atoms with Crippen LogP contribution in [0.2, 0.25) is 0 Å². The van der Waals surface area contributed by atoms with Crippen LogP contribution in [-0.2, 0) is 0 Å². The van der Waals surface area contributed by atoms with Crippen LogP contribution in [0.4, 0.5) is 10.2 Å². The minimum Gasteiger partial charge on any atom is -0.497 e. The Morgan fingerprint density at radius 3 is 2.52 bits per heavy atom. The monoisotopic (exact) mass is 311 g/mol. The van der Waals surface area contributed by atoms with Crippen molar-refractivity contribution in [3.8, 4) is 5.75 Å². The third-order valence-electron chi connectivity index (χ3n) is 4.09. The summed E-state index contributed by atoms with van der Waals surface area (Å²) in [6.07, 6.45) is 1.51. The van der Waals surface area contributed by atoms with Crippen molar-refractivity contribution in [2.45, 2.75) is 13.0 Å². The van der Waals surface area contributed by atoms with Gasteiger partial charge in [0, 0.05) is 12.4 Å². The molecule has 3 rings (SSSR count). The van der Waals surface area contributed by atoms with Crippen molar-refractivity contribution in [2.24, 2.45) is 0 Å². The summed E-state index contributed by atoms with van der Waals surface area (Å²) in [6.45, 7) is 2.08. The van der Waals surface area contributed by atoms with Gasteiger partial charge in [0.05, 0.1) is 18.7 Å². The number of hydrogen-bond donors (Lipinski definition) is 0. The molecular weight excluding hydrogens is 293 g/mol. The number of aromatic nitrogens is 2. The third kappa shape index (κ3) is 2.95. The number of rotatable bonds is 4. The number of methoxy groups -OCH3 is 1. The van der Waals surface area contributed by atoms with E-state index >= 15 is 0 Å². The Morgan fingerprint density at radius 1 is 1.09 bits per heavy atom. The van der Waals surface area contributed by atoms with E-state index in [-0.39, 0.29) is 11.9 Å². The zero-order chi connectivity index (χ0) is 16.4. The summed E-state index contributed by atoms with van der Waals surface area (Å²) in [5, 5.41) is 0.704. The molecule has 0 saturated carbocycles. The molecule has 5 heteroatoms. The van der Waals surface area contributed by atoms with Crippen molar-refractivity contribution < 1.29 is 9.13 Å². The van der Waals surface area contributed by atoms with Gasteiger partial charge in [-0.2, -0.15) is 0 Å². The fourth-order valence-corrected chi connectivity index (χ4v) is 2.59. The zero-order valence-electron chi connectivity index (χ0n) is 13.3. The summed E-state index contributed by atoms with van der Waals surface area (Å²) in [4.78, 5) is 10.6. The first-order valence-corrected chi connectivity index (χ1v) is 7.37. The predicted molar refractivity (Wildman–Crippen MR) is 89.3 cm³/mol. The van der Waals surface area contributed by atoms with Crippen molar-refractivity contribution >= 4 is 16.7 Å². The molecule has 1 heterocycles. The van der Waals surface area contributed by atoms with Crippen LogP contribution in [0, 0.1) is 5.82 Å². The maximum absolute atomic E-state index is 13.6. The van der Waals surface area contributed by atoms with E-state index in [9.17, 15) is 4.39 Å². The van der Waals surface area contributed by atoms with E-state index in [1.165, 1.54) is 18.5 Å². The van der Waals surface area contributed by atoms with Gasteiger partial charge in [-0.05, 0) is 42.8 Å². The van der Waals surface area contributed by atoms with Gasteiger partial charge >= 0.3 is 0 Å². The second-order valence-corrected chi connectivity index (χ2v) is 5.42. The highest BCUT2D eigenvalue weighted by atomic mass is 19.1. The van der Waals surface area contributed by atoms with Crippen LogP contribution in [0.3, 0.4) is 0 Å². The van der Waals surface area contributed by atoms with Gasteiger partial charge in [0.25, 0.3) is 0 Å². The zero-order valence-corrected chi connectivity index (χ0v) is 13.3. The normalized spacial score (nSPS) is 12.2. The number of hydrogen-bond acceptors (Lipinski definition) is 4. The Labute approximate surface area is 134 Å². The highest BCUT2D eigenvalue weighted by molar-refractivity contribution is 5.89. The quantitative estimate of drug-likeness (QED) is 0.730. The molecule has 4 nitrogen and oxygen atoms in total. The van der Waals surface area contributed by atoms with Crippen LogP contribution >= 0.6 is 0 Å². The molecule has 0 N–H and O–H groups in total. The Kier molecular flexibility index (Phi) is 4.10. The molecule has 0 saturated heterocycles. The minimum atomic E-state index is -0.293. The molecule has 23 heavy (non-hydrogen) atoms. The molecule has 1 atom stereocenters. The van der Waals surface area contributed by atoms with Gasteiger partial charge in [0.1, 0.15) is 23.7 Å². The number of anilines is 1. The van der Waals surface area contributed by atoms with Gasteiger partial charge in [-0.3, -0.25) is 0 Å². The lowest BCUT2D eigenvalue weighted by Gasteiger charge is -2.27. The molecule has 0 fully saturated rings. The van der Waals surface area contributed by atoms with Gasteiger partial charge in [0.15, 0.2) is 0 Å². The smallest absolute Gasteiger partial charge is 0.140 e. The van der Waals surface area contributed by atoms with Gasteiger partial charge in [-0.15, -0.1) is 0 Å². The van der Waals surface area contributed by atoms with E-state index in [0.717, 1.165) is 16.8 Å². The highest BCUT2D eigenvalue weighted by Gasteiger charge is 2.16. The molecule has 0 amide bonds. The largest absolute Gasteiger partial charge is 0.497 e. The van der Waals surface area contributed by atoms with E-state index in [1.807, 2.05) is 36.2 Å². The predicted octanol–water partition coefficient (Wildman–Crippen LogP) is 3.97. The van der Waals surface area contributed by atoms with E-state index in [4.69, 9.17) is 4.74 Å². The Morgan fingerprint density at radius 2 is 1.83 bits per heavy atom. The molecule has 0 aliphatic rings. The van der Waals surface area contributed by atoms with E-state index in [0.29, 0.717) is 11.2 Å². The molecule has 0 aliphatic carbocycles. The summed E-state index contributed by atoms with van der Waals surface area (Å²) in [6, 6.07) is 12.5. The molecule has 2 aromatic carbocycles. The van der Waals surface area contributed by atoms with Crippen molar-refractivity contribution in [3.63, 3.8) is 0 Å². The van der Waals surface area contributed by atoms with Crippen LogP contribution in [0.5, 0.6) is 5.75 Å². The number of benzene rings is 2. The van der Waals surface area contributed by atoms with Gasteiger partial charge in [0.2, 0.25) is 0 Å². The number of halogens is 1. The summed E-state index contributed by atoms with van der Waals surface area (Å²) in [5.74, 6) is 1.23. The van der Waals surface area contributed by atoms with Crippen LogP contribution in [0.25, 0.3) is 10.9 Å². The van der Waals surface area contributed by atoms with Gasteiger partial charge in [-0.1, -0.05) is 12.1 Å². The number of nitrogens with zero attached hydrogens (tertiary/aromatic N) is 3. The average molecular weight is 311 g/mol.